The molecule has 0 spiro atoms. The zero-order valence-electron chi connectivity index (χ0n) is 11.9. The van der Waals surface area contributed by atoms with Crippen molar-refractivity contribution in [1.82, 2.24) is 4.98 Å². The molecule has 0 saturated carbocycles. The van der Waals surface area contributed by atoms with Crippen LogP contribution in [0, 0.1) is 6.92 Å². The van der Waals surface area contributed by atoms with Gasteiger partial charge in [0, 0.05) is 5.69 Å². The van der Waals surface area contributed by atoms with Gasteiger partial charge in [-0.1, -0.05) is 6.58 Å². The standard InChI is InChI=1S/C13H18BNO3S/c1-7-9(16)11-15-8(2)10(19-11)14-17-12(3,4)13(5,6)18-14/h7H,1H2,2-6H3. The highest BCUT2D eigenvalue weighted by Crippen LogP contribution is 2.37. The summed E-state index contributed by atoms with van der Waals surface area (Å²) in [5.41, 5.74) is -0.0124. The molecular formula is C13H18BNO3S. The first-order valence-electron chi connectivity index (χ1n) is 6.17. The van der Waals surface area contributed by atoms with E-state index in [1.165, 1.54) is 17.4 Å². The lowest BCUT2D eigenvalue weighted by Gasteiger charge is -2.32. The van der Waals surface area contributed by atoms with Crippen LogP contribution in [0.3, 0.4) is 0 Å². The summed E-state index contributed by atoms with van der Waals surface area (Å²) in [4.78, 5) is 15.9. The molecule has 0 amide bonds. The van der Waals surface area contributed by atoms with Gasteiger partial charge in [0.05, 0.1) is 16.0 Å². The Morgan fingerprint density at radius 1 is 1.32 bits per heavy atom. The average molecular weight is 279 g/mol. The lowest BCUT2D eigenvalue weighted by atomic mass is 9.86. The van der Waals surface area contributed by atoms with Gasteiger partial charge in [0.2, 0.25) is 5.78 Å². The van der Waals surface area contributed by atoms with Gasteiger partial charge >= 0.3 is 7.12 Å². The largest absolute Gasteiger partial charge is 0.507 e. The van der Waals surface area contributed by atoms with Gasteiger partial charge < -0.3 is 9.31 Å². The van der Waals surface area contributed by atoms with Crippen molar-refractivity contribution >= 4 is 29.0 Å². The number of carbonyl (C=O) groups is 1. The summed E-state index contributed by atoms with van der Waals surface area (Å²) >= 11 is 1.31. The van der Waals surface area contributed by atoms with Crippen molar-refractivity contribution < 1.29 is 14.1 Å². The van der Waals surface area contributed by atoms with Crippen LogP contribution in [0.4, 0.5) is 0 Å². The van der Waals surface area contributed by atoms with E-state index in [4.69, 9.17) is 9.31 Å². The van der Waals surface area contributed by atoms with Crippen LogP contribution in [0.5, 0.6) is 0 Å². The number of aryl methyl sites for hydroxylation is 1. The molecule has 1 aromatic rings. The van der Waals surface area contributed by atoms with E-state index in [2.05, 4.69) is 11.6 Å². The molecule has 0 radical (unpaired) electrons. The van der Waals surface area contributed by atoms with Crippen molar-refractivity contribution in [3.63, 3.8) is 0 Å². The van der Waals surface area contributed by atoms with Gasteiger partial charge in [-0.25, -0.2) is 4.98 Å². The van der Waals surface area contributed by atoms with Gasteiger partial charge in [-0.3, -0.25) is 4.79 Å². The van der Waals surface area contributed by atoms with Crippen LogP contribution in [-0.2, 0) is 9.31 Å². The zero-order chi connectivity index (χ0) is 14.4. The second kappa shape index (κ2) is 4.54. The third kappa shape index (κ3) is 2.40. The van der Waals surface area contributed by atoms with E-state index in [1.54, 1.807) is 0 Å². The minimum Gasteiger partial charge on any atom is -0.399 e. The van der Waals surface area contributed by atoms with Crippen LogP contribution in [-0.4, -0.2) is 29.1 Å². The van der Waals surface area contributed by atoms with Gasteiger partial charge in [-0.2, -0.15) is 0 Å². The Hall–Kier alpha value is -0.975. The van der Waals surface area contributed by atoms with E-state index >= 15 is 0 Å². The molecule has 2 rings (SSSR count). The number of hydrogen-bond acceptors (Lipinski definition) is 5. The smallest absolute Gasteiger partial charge is 0.399 e. The first kappa shape index (κ1) is 14.4. The highest BCUT2D eigenvalue weighted by molar-refractivity contribution is 7.23. The predicted octanol–water partition coefficient (Wildman–Crippen LogP) is 2.12. The molecule has 1 aliphatic rings. The maximum atomic E-state index is 11.6. The maximum absolute atomic E-state index is 11.6. The second-order valence-corrected chi connectivity index (χ2v) is 6.66. The van der Waals surface area contributed by atoms with Gasteiger partial charge in [0.1, 0.15) is 0 Å². The molecule has 19 heavy (non-hydrogen) atoms. The number of carbonyl (C=O) groups excluding carboxylic acids is 1. The summed E-state index contributed by atoms with van der Waals surface area (Å²) in [6.45, 7) is 13.3. The van der Waals surface area contributed by atoms with Crippen LogP contribution in [0.25, 0.3) is 0 Å². The molecule has 1 aromatic heterocycles. The summed E-state index contributed by atoms with van der Waals surface area (Å²) in [7, 11) is -0.464. The summed E-state index contributed by atoms with van der Waals surface area (Å²) in [5, 5.41) is 0.428. The summed E-state index contributed by atoms with van der Waals surface area (Å²) < 4.78 is 12.8. The minimum atomic E-state index is -0.464. The van der Waals surface area contributed by atoms with Crippen molar-refractivity contribution in [2.75, 3.05) is 0 Å². The lowest BCUT2D eigenvalue weighted by Crippen LogP contribution is -2.41. The zero-order valence-corrected chi connectivity index (χ0v) is 12.8. The van der Waals surface area contributed by atoms with E-state index in [0.717, 1.165) is 10.5 Å². The number of aromatic nitrogens is 1. The molecule has 6 heteroatoms. The van der Waals surface area contributed by atoms with Crippen molar-refractivity contribution in [2.24, 2.45) is 0 Å². The van der Waals surface area contributed by atoms with Crippen LogP contribution < -0.4 is 4.78 Å². The molecule has 1 saturated heterocycles. The first-order valence-corrected chi connectivity index (χ1v) is 6.99. The molecule has 1 fully saturated rings. The minimum absolute atomic E-state index is 0.170. The highest BCUT2D eigenvalue weighted by Gasteiger charge is 2.52. The third-order valence-electron chi connectivity index (χ3n) is 3.70. The molecule has 0 atom stereocenters. The molecule has 4 nitrogen and oxygen atoms in total. The Bertz CT molecular complexity index is 520. The van der Waals surface area contributed by atoms with E-state index in [9.17, 15) is 4.79 Å². The Morgan fingerprint density at radius 3 is 2.32 bits per heavy atom. The van der Waals surface area contributed by atoms with E-state index < -0.39 is 18.3 Å². The normalized spacial score (nSPS) is 20.6. The van der Waals surface area contributed by atoms with Gasteiger partial charge in [0.15, 0.2) is 5.01 Å². The molecule has 102 valence electrons. The fraction of sp³-hybridized carbons (Fsp3) is 0.538. The lowest BCUT2D eigenvalue weighted by molar-refractivity contribution is 0.00578. The molecule has 0 N–H and O–H groups in total. The van der Waals surface area contributed by atoms with E-state index in [1.807, 2.05) is 34.6 Å². The monoisotopic (exact) mass is 279 g/mol. The number of allylic oxidation sites excluding steroid dienone is 1. The molecule has 0 aliphatic carbocycles. The van der Waals surface area contributed by atoms with Crippen molar-refractivity contribution in [1.29, 1.82) is 0 Å². The molecule has 0 aromatic carbocycles. The summed E-state index contributed by atoms with van der Waals surface area (Å²) in [6.07, 6.45) is 1.27. The van der Waals surface area contributed by atoms with Crippen LogP contribution in [0.15, 0.2) is 12.7 Å². The molecular weight excluding hydrogens is 261 g/mol. The molecule has 0 unspecified atom stereocenters. The number of nitrogens with zero attached hydrogens (tertiary/aromatic N) is 1. The molecule has 2 heterocycles. The Morgan fingerprint density at radius 2 is 1.84 bits per heavy atom. The van der Waals surface area contributed by atoms with E-state index in [-0.39, 0.29) is 5.78 Å². The van der Waals surface area contributed by atoms with Crippen molar-refractivity contribution in [3.05, 3.63) is 23.4 Å². The summed E-state index contributed by atoms with van der Waals surface area (Å²) in [5.74, 6) is -0.170. The number of thiazole rings is 1. The second-order valence-electron chi connectivity index (χ2n) is 5.63. The van der Waals surface area contributed by atoms with E-state index in [0.29, 0.717) is 5.01 Å². The Labute approximate surface area is 118 Å². The number of rotatable bonds is 3. The SMILES string of the molecule is C=CC(=O)c1nc(C)c(B2OC(C)(C)C(C)(C)O2)s1. The summed E-state index contributed by atoms with van der Waals surface area (Å²) in [6, 6.07) is 0. The Balaban J connectivity index is 2.32. The quantitative estimate of drug-likeness (QED) is 0.483. The number of hydrogen-bond donors (Lipinski definition) is 0. The van der Waals surface area contributed by atoms with Crippen LogP contribution >= 0.6 is 11.3 Å². The van der Waals surface area contributed by atoms with Crippen LogP contribution in [0.1, 0.15) is 43.2 Å². The first-order chi connectivity index (χ1) is 8.68. The maximum Gasteiger partial charge on any atom is 0.507 e. The van der Waals surface area contributed by atoms with Crippen molar-refractivity contribution in [2.45, 2.75) is 45.8 Å². The Kier molecular flexibility index (Phi) is 3.45. The third-order valence-corrected chi connectivity index (χ3v) is 4.89. The van der Waals surface area contributed by atoms with Gasteiger partial charge in [-0.05, 0) is 40.7 Å². The molecule has 1 aliphatic heterocycles. The molecule has 0 bridgehead atoms. The van der Waals surface area contributed by atoms with Gasteiger partial charge in [-0.15, -0.1) is 11.3 Å². The predicted molar refractivity (Wildman–Crippen MR) is 77.1 cm³/mol. The van der Waals surface area contributed by atoms with Crippen LogP contribution in [0.2, 0.25) is 0 Å². The topological polar surface area (TPSA) is 48.4 Å². The number of ketones is 1. The van der Waals surface area contributed by atoms with Crippen molar-refractivity contribution in [3.8, 4) is 0 Å². The fourth-order valence-electron chi connectivity index (χ4n) is 1.77. The highest BCUT2D eigenvalue weighted by atomic mass is 32.1. The fourth-order valence-corrected chi connectivity index (χ4v) is 2.73. The average Bonchev–Trinajstić information content (AvgIpc) is 2.77. The van der Waals surface area contributed by atoms with Gasteiger partial charge in [0.25, 0.3) is 0 Å².